The van der Waals surface area contributed by atoms with Crippen LogP contribution in [0.1, 0.15) is 29.9 Å². The summed E-state index contributed by atoms with van der Waals surface area (Å²) in [6, 6.07) is 11.1. The molecule has 1 aromatic heterocycles. The molecule has 1 aliphatic heterocycles. The van der Waals surface area contributed by atoms with Gasteiger partial charge in [-0.1, -0.05) is 12.1 Å². The van der Waals surface area contributed by atoms with Crippen LogP contribution in [-0.4, -0.2) is 42.6 Å². The molecule has 2 aromatic rings. The van der Waals surface area contributed by atoms with Crippen molar-refractivity contribution in [3.8, 4) is 0 Å². The number of aromatic nitrogens is 1. The molecule has 1 atom stereocenters. The molecule has 2 heterocycles. The minimum Gasteiger partial charge on any atom is -0.315 e. The van der Waals surface area contributed by atoms with Crippen LogP contribution in [0.4, 0.5) is 4.39 Å². The maximum Gasteiger partial charge on any atom is 0.123 e. The first kappa shape index (κ1) is 16.1. The van der Waals surface area contributed by atoms with Gasteiger partial charge in [-0.05, 0) is 67.9 Å². The summed E-state index contributed by atoms with van der Waals surface area (Å²) in [5, 5.41) is 3.44. The van der Waals surface area contributed by atoms with Crippen LogP contribution < -0.4 is 5.32 Å². The Bertz CT molecular complexity index is 577. The number of halogens is 1. The summed E-state index contributed by atoms with van der Waals surface area (Å²) < 4.78 is 13.2. The Morgan fingerprint density at radius 3 is 2.52 bits per heavy atom. The van der Waals surface area contributed by atoms with E-state index >= 15 is 0 Å². The van der Waals surface area contributed by atoms with Crippen LogP contribution in [0.3, 0.4) is 0 Å². The highest BCUT2D eigenvalue weighted by molar-refractivity contribution is 5.31. The summed E-state index contributed by atoms with van der Waals surface area (Å²) in [7, 11) is 0. The first-order chi connectivity index (χ1) is 11.3. The summed E-state index contributed by atoms with van der Waals surface area (Å²) in [6.07, 6.45) is 5.91. The van der Waals surface area contributed by atoms with Crippen LogP contribution in [0.5, 0.6) is 0 Å². The fraction of sp³-hybridized carbons (Fsp3) is 0.421. The lowest BCUT2D eigenvalue weighted by Gasteiger charge is -2.24. The maximum absolute atomic E-state index is 13.2. The molecule has 1 N–H and O–H groups in total. The van der Waals surface area contributed by atoms with Crippen molar-refractivity contribution >= 4 is 0 Å². The third-order valence-corrected chi connectivity index (χ3v) is 4.55. The molecule has 0 amide bonds. The van der Waals surface area contributed by atoms with E-state index in [-0.39, 0.29) is 11.7 Å². The van der Waals surface area contributed by atoms with E-state index in [1.54, 1.807) is 12.1 Å². The van der Waals surface area contributed by atoms with Crippen LogP contribution in [0, 0.1) is 5.82 Å². The van der Waals surface area contributed by atoms with Gasteiger partial charge in [-0.25, -0.2) is 4.39 Å². The van der Waals surface area contributed by atoms with Crippen molar-refractivity contribution in [3.05, 3.63) is 65.7 Å². The van der Waals surface area contributed by atoms with E-state index in [2.05, 4.69) is 27.3 Å². The van der Waals surface area contributed by atoms with Crippen molar-refractivity contribution in [2.75, 3.05) is 32.7 Å². The van der Waals surface area contributed by atoms with Gasteiger partial charge < -0.3 is 10.2 Å². The lowest BCUT2D eigenvalue weighted by Crippen LogP contribution is -2.30. The lowest BCUT2D eigenvalue weighted by atomic mass is 9.89. The monoisotopic (exact) mass is 313 g/mol. The van der Waals surface area contributed by atoms with E-state index in [1.165, 1.54) is 17.5 Å². The van der Waals surface area contributed by atoms with Gasteiger partial charge in [0.25, 0.3) is 0 Å². The molecule has 0 aliphatic carbocycles. The van der Waals surface area contributed by atoms with Crippen molar-refractivity contribution in [3.63, 3.8) is 0 Å². The first-order valence-corrected chi connectivity index (χ1v) is 8.41. The molecule has 1 aliphatic rings. The summed E-state index contributed by atoms with van der Waals surface area (Å²) in [5.74, 6) is 0.107. The summed E-state index contributed by atoms with van der Waals surface area (Å²) in [6.45, 7) is 5.50. The number of benzene rings is 1. The Morgan fingerprint density at radius 2 is 1.74 bits per heavy atom. The van der Waals surface area contributed by atoms with Gasteiger partial charge in [0.2, 0.25) is 0 Å². The van der Waals surface area contributed by atoms with Crippen LogP contribution in [-0.2, 0) is 0 Å². The Morgan fingerprint density at radius 1 is 1.00 bits per heavy atom. The highest BCUT2D eigenvalue weighted by atomic mass is 19.1. The fourth-order valence-corrected chi connectivity index (χ4v) is 3.25. The molecule has 1 unspecified atom stereocenters. The predicted molar refractivity (Wildman–Crippen MR) is 91.0 cm³/mol. The summed E-state index contributed by atoms with van der Waals surface area (Å²) >= 11 is 0. The standard InChI is InChI=1S/C19H24FN3/c20-18-4-2-16(3-5-18)19(17-6-10-22-11-7-17)8-14-23-13-1-9-21-12-15-23/h2-7,10-11,19,21H,1,8-9,12-15H2. The first-order valence-electron chi connectivity index (χ1n) is 8.41. The third-order valence-electron chi connectivity index (χ3n) is 4.55. The largest absolute Gasteiger partial charge is 0.315 e. The normalized spacial score (nSPS) is 17.6. The van der Waals surface area contributed by atoms with Crippen molar-refractivity contribution in [1.82, 2.24) is 15.2 Å². The van der Waals surface area contributed by atoms with Crippen molar-refractivity contribution in [2.24, 2.45) is 0 Å². The molecular weight excluding hydrogens is 289 g/mol. The summed E-state index contributed by atoms with van der Waals surface area (Å²) in [4.78, 5) is 6.64. The average molecular weight is 313 g/mol. The number of nitrogens with zero attached hydrogens (tertiary/aromatic N) is 2. The second-order valence-corrected chi connectivity index (χ2v) is 6.12. The van der Waals surface area contributed by atoms with Gasteiger partial charge >= 0.3 is 0 Å². The molecule has 0 radical (unpaired) electrons. The molecular formula is C19H24FN3. The van der Waals surface area contributed by atoms with Crippen LogP contribution in [0.25, 0.3) is 0 Å². The van der Waals surface area contributed by atoms with Gasteiger partial charge in [0.1, 0.15) is 5.82 Å². The Kier molecular flexibility index (Phi) is 5.72. The molecule has 0 bridgehead atoms. The SMILES string of the molecule is Fc1ccc(C(CCN2CCCNCC2)c2ccncc2)cc1. The fourth-order valence-electron chi connectivity index (χ4n) is 3.25. The Hall–Kier alpha value is -1.78. The van der Waals surface area contributed by atoms with E-state index in [0.717, 1.165) is 39.1 Å². The van der Waals surface area contributed by atoms with Gasteiger partial charge in [0.05, 0.1) is 0 Å². The van der Waals surface area contributed by atoms with Gasteiger partial charge in [0, 0.05) is 31.4 Å². The number of hydrogen-bond donors (Lipinski definition) is 1. The van der Waals surface area contributed by atoms with Gasteiger partial charge in [-0.3, -0.25) is 4.98 Å². The summed E-state index contributed by atoms with van der Waals surface area (Å²) in [5.41, 5.74) is 2.42. The van der Waals surface area contributed by atoms with E-state index in [0.29, 0.717) is 0 Å². The Labute approximate surface area is 137 Å². The maximum atomic E-state index is 13.2. The van der Waals surface area contributed by atoms with Crippen LogP contribution in [0.2, 0.25) is 0 Å². The Balaban J connectivity index is 1.74. The molecule has 1 fully saturated rings. The molecule has 3 rings (SSSR count). The molecule has 1 saturated heterocycles. The van der Waals surface area contributed by atoms with E-state index < -0.39 is 0 Å². The molecule has 0 saturated carbocycles. The van der Waals surface area contributed by atoms with E-state index in [9.17, 15) is 4.39 Å². The van der Waals surface area contributed by atoms with Gasteiger partial charge in [0.15, 0.2) is 0 Å². The molecule has 1 aromatic carbocycles. The molecule has 122 valence electrons. The van der Waals surface area contributed by atoms with Crippen molar-refractivity contribution in [1.29, 1.82) is 0 Å². The molecule has 4 heteroatoms. The smallest absolute Gasteiger partial charge is 0.123 e. The van der Waals surface area contributed by atoms with E-state index in [1.807, 2.05) is 24.5 Å². The second kappa shape index (κ2) is 8.18. The molecule has 3 nitrogen and oxygen atoms in total. The van der Waals surface area contributed by atoms with Gasteiger partial charge in [-0.15, -0.1) is 0 Å². The van der Waals surface area contributed by atoms with Gasteiger partial charge in [-0.2, -0.15) is 0 Å². The van der Waals surface area contributed by atoms with Crippen molar-refractivity contribution in [2.45, 2.75) is 18.8 Å². The third kappa shape index (κ3) is 4.60. The lowest BCUT2D eigenvalue weighted by molar-refractivity contribution is 0.284. The number of nitrogens with one attached hydrogen (secondary N) is 1. The molecule has 0 spiro atoms. The predicted octanol–water partition coefficient (Wildman–Crippen LogP) is 3.04. The number of pyridine rings is 1. The zero-order valence-corrected chi connectivity index (χ0v) is 13.4. The zero-order valence-electron chi connectivity index (χ0n) is 13.4. The molecule has 23 heavy (non-hydrogen) atoms. The highest BCUT2D eigenvalue weighted by Crippen LogP contribution is 2.28. The average Bonchev–Trinajstić information content (AvgIpc) is 2.86. The minimum atomic E-state index is -0.180. The highest BCUT2D eigenvalue weighted by Gasteiger charge is 2.17. The second-order valence-electron chi connectivity index (χ2n) is 6.12. The zero-order chi connectivity index (χ0) is 15.9. The van der Waals surface area contributed by atoms with Crippen molar-refractivity contribution < 1.29 is 4.39 Å². The van der Waals surface area contributed by atoms with Crippen LogP contribution in [0.15, 0.2) is 48.8 Å². The topological polar surface area (TPSA) is 28.2 Å². The number of rotatable bonds is 5. The van der Waals surface area contributed by atoms with E-state index in [4.69, 9.17) is 0 Å². The number of hydrogen-bond acceptors (Lipinski definition) is 3. The quantitative estimate of drug-likeness (QED) is 0.919. The minimum absolute atomic E-state index is 0.180. The van der Waals surface area contributed by atoms with Crippen LogP contribution >= 0.6 is 0 Å².